The fraction of sp³-hybridized carbons (Fsp3) is 0.360. The second kappa shape index (κ2) is 8.92. The maximum Gasteiger partial charge on any atom is 0.416 e. The van der Waals surface area contributed by atoms with Crippen molar-refractivity contribution in [3.8, 4) is 5.69 Å². The average molecular weight is 483 g/mol. The zero-order valence-corrected chi connectivity index (χ0v) is 19.4. The van der Waals surface area contributed by atoms with E-state index < -0.39 is 17.6 Å². The predicted molar refractivity (Wildman–Crippen MR) is 126 cm³/mol. The molecule has 7 nitrogen and oxygen atoms in total. The summed E-state index contributed by atoms with van der Waals surface area (Å²) in [4.78, 5) is 17.3. The lowest BCUT2D eigenvalue weighted by Crippen LogP contribution is -2.18. The number of rotatable bonds is 6. The van der Waals surface area contributed by atoms with Crippen LogP contribution in [0.3, 0.4) is 0 Å². The molecule has 1 aliphatic heterocycles. The van der Waals surface area contributed by atoms with Crippen molar-refractivity contribution >= 4 is 23.0 Å². The van der Waals surface area contributed by atoms with Crippen molar-refractivity contribution in [3.63, 3.8) is 0 Å². The molecule has 3 aromatic rings. The minimum Gasteiger partial charge on any atom is -0.324 e. The van der Waals surface area contributed by atoms with Crippen LogP contribution in [0, 0.1) is 0 Å². The number of nitrogens with one attached hydrogen (secondary N) is 2. The minimum absolute atomic E-state index is 0.0580. The Bertz CT molecular complexity index is 1310. The standard InChI is InChI=1S/C25H25F3N6O/c1-14(2)19-9-22-23(10-20(19)25(26,27)28)32-24(35)11-21(31-22)15-4-3-5-17(8-15)34-18(13-30-33-34)12-29-16-6-7-16/h3-5,8-10,13-14,16,29H,6-7,11-12H2,1-2H3,(H,32,35). The lowest BCUT2D eigenvalue weighted by atomic mass is 9.95. The van der Waals surface area contributed by atoms with Gasteiger partial charge >= 0.3 is 6.18 Å². The Labute approximate surface area is 200 Å². The van der Waals surface area contributed by atoms with Crippen molar-refractivity contribution < 1.29 is 18.0 Å². The third-order valence-electron chi connectivity index (χ3n) is 6.15. The van der Waals surface area contributed by atoms with Crippen molar-refractivity contribution in [2.24, 2.45) is 4.99 Å². The Balaban J connectivity index is 1.53. The number of hydrogen-bond acceptors (Lipinski definition) is 5. The van der Waals surface area contributed by atoms with Crippen molar-refractivity contribution in [1.29, 1.82) is 0 Å². The van der Waals surface area contributed by atoms with Gasteiger partial charge in [-0.25, -0.2) is 4.68 Å². The van der Waals surface area contributed by atoms with E-state index in [0.29, 0.717) is 29.5 Å². The number of aliphatic imine (C=N–C) groups is 1. The first-order valence-corrected chi connectivity index (χ1v) is 11.6. The molecule has 0 radical (unpaired) electrons. The van der Waals surface area contributed by atoms with Gasteiger partial charge < -0.3 is 10.6 Å². The molecule has 0 spiro atoms. The SMILES string of the molecule is CC(C)c1cc2c(cc1C(F)(F)F)NC(=O)CC(c1cccc(-n3nncc3CNC3CC3)c1)=N2. The maximum atomic E-state index is 13.7. The largest absolute Gasteiger partial charge is 0.416 e. The number of carbonyl (C=O) groups is 1. The minimum atomic E-state index is -4.53. The predicted octanol–water partition coefficient (Wildman–Crippen LogP) is 5.12. The van der Waals surface area contributed by atoms with Crippen LogP contribution in [0.1, 0.15) is 61.4 Å². The molecule has 0 unspecified atom stereocenters. The van der Waals surface area contributed by atoms with Gasteiger partial charge in [-0.15, -0.1) is 5.10 Å². The van der Waals surface area contributed by atoms with Gasteiger partial charge in [0.05, 0.1) is 46.6 Å². The summed E-state index contributed by atoms with van der Waals surface area (Å²) < 4.78 is 42.7. The molecule has 1 aliphatic carbocycles. The van der Waals surface area contributed by atoms with Gasteiger partial charge in [-0.2, -0.15) is 13.2 Å². The van der Waals surface area contributed by atoms with E-state index in [9.17, 15) is 18.0 Å². The van der Waals surface area contributed by atoms with Gasteiger partial charge in [-0.05, 0) is 54.2 Å². The summed E-state index contributed by atoms with van der Waals surface area (Å²) in [5, 5.41) is 14.3. The Kier molecular flexibility index (Phi) is 5.92. The molecule has 2 heterocycles. The summed E-state index contributed by atoms with van der Waals surface area (Å²) in [5.41, 5.74) is 2.57. The molecule has 35 heavy (non-hydrogen) atoms. The summed E-state index contributed by atoms with van der Waals surface area (Å²) >= 11 is 0. The molecular formula is C25H25F3N6O. The van der Waals surface area contributed by atoms with E-state index in [1.54, 1.807) is 24.7 Å². The van der Waals surface area contributed by atoms with Crippen molar-refractivity contribution in [2.75, 3.05) is 5.32 Å². The lowest BCUT2D eigenvalue weighted by molar-refractivity contribution is -0.138. The summed E-state index contributed by atoms with van der Waals surface area (Å²) in [7, 11) is 0. The first kappa shape index (κ1) is 23.2. The number of alkyl halides is 3. The highest BCUT2D eigenvalue weighted by Crippen LogP contribution is 2.42. The molecule has 0 atom stereocenters. The lowest BCUT2D eigenvalue weighted by Gasteiger charge is -2.18. The zero-order valence-electron chi connectivity index (χ0n) is 19.4. The van der Waals surface area contributed by atoms with Gasteiger partial charge in [0.1, 0.15) is 0 Å². The van der Waals surface area contributed by atoms with Crippen LogP contribution in [-0.4, -0.2) is 32.7 Å². The van der Waals surface area contributed by atoms with E-state index in [1.807, 2.05) is 24.3 Å². The van der Waals surface area contributed by atoms with Crippen LogP contribution in [0.15, 0.2) is 47.6 Å². The van der Waals surface area contributed by atoms with Gasteiger partial charge in [0.15, 0.2) is 0 Å². The second-order valence-electron chi connectivity index (χ2n) is 9.24. The summed E-state index contributed by atoms with van der Waals surface area (Å²) in [6, 6.07) is 10.4. The Hall–Kier alpha value is -3.53. The van der Waals surface area contributed by atoms with E-state index >= 15 is 0 Å². The first-order chi connectivity index (χ1) is 16.7. The van der Waals surface area contributed by atoms with Crippen LogP contribution >= 0.6 is 0 Å². The molecule has 0 saturated heterocycles. The monoisotopic (exact) mass is 482 g/mol. The van der Waals surface area contributed by atoms with E-state index in [1.165, 1.54) is 18.9 Å². The summed E-state index contributed by atoms with van der Waals surface area (Å²) in [6.07, 6.45) is -0.548. The fourth-order valence-corrected chi connectivity index (χ4v) is 4.17. The fourth-order valence-electron chi connectivity index (χ4n) is 4.17. The third-order valence-corrected chi connectivity index (χ3v) is 6.15. The van der Waals surface area contributed by atoms with E-state index in [0.717, 1.165) is 17.4 Å². The molecule has 2 aromatic carbocycles. The van der Waals surface area contributed by atoms with Gasteiger partial charge in [0, 0.05) is 12.6 Å². The van der Waals surface area contributed by atoms with Crippen LogP contribution < -0.4 is 10.6 Å². The normalized spacial score (nSPS) is 16.1. The number of aromatic nitrogens is 3. The quantitative estimate of drug-likeness (QED) is 0.511. The van der Waals surface area contributed by atoms with Crippen LogP contribution in [0.2, 0.25) is 0 Å². The number of anilines is 1. The molecular weight excluding hydrogens is 457 g/mol. The van der Waals surface area contributed by atoms with Gasteiger partial charge in [0.25, 0.3) is 0 Å². The van der Waals surface area contributed by atoms with Gasteiger partial charge in [-0.3, -0.25) is 9.79 Å². The number of hydrogen-bond donors (Lipinski definition) is 2. The number of benzene rings is 2. The third kappa shape index (κ3) is 4.97. The van der Waals surface area contributed by atoms with Crippen LogP contribution in [-0.2, 0) is 17.5 Å². The van der Waals surface area contributed by atoms with Crippen molar-refractivity contribution in [2.45, 2.75) is 57.8 Å². The van der Waals surface area contributed by atoms with Crippen LogP contribution in [0.4, 0.5) is 24.5 Å². The maximum absolute atomic E-state index is 13.7. The van der Waals surface area contributed by atoms with E-state index in [-0.39, 0.29) is 23.6 Å². The highest BCUT2D eigenvalue weighted by molar-refractivity contribution is 6.17. The Morgan fingerprint density at radius 1 is 1.20 bits per heavy atom. The van der Waals surface area contributed by atoms with Crippen molar-refractivity contribution in [1.82, 2.24) is 20.3 Å². The molecule has 1 aromatic heterocycles. The second-order valence-corrected chi connectivity index (χ2v) is 9.24. The van der Waals surface area contributed by atoms with E-state index in [2.05, 4.69) is 25.9 Å². The number of halogens is 3. The topological polar surface area (TPSA) is 84.2 Å². The number of nitrogens with zero attached hydrogens (tertiary/aromatic N) is 4. The molecule has 1 amide bonds. The summed E-state index contributed by atoms with van der Waals surface area (Å²) in [6.45, 7) is 4.04. The molecule has 182 valence electrons. The first-order valence-electron chi connectivity index (χ1n) is 11.6. The smallest absolute Gasteiger partial charge is 0.324 e. The highest BCUT2D eigenvalue weighted by Gasteiger charge is 2.35. The average Bonchev–Trinajstić information content (AvgIpc) is 3.55. The summed E-state index contributed by atoms with van der Waals surface area (Å²) in [5.74, 6) is -0.791. The molecule has 0 bridgehead atoms. The highest BCUT2D eigenvalue weighted by atomic mass is 19.4. The number of amides is 1. The molecule has 1 fully saturated rings. The zero-order chi connectivity index (χ0) is 24.7. The number of carbonyl (C=O) groups excluding carboxylic acids is 1. The van der Waals surface area contributed by atoms with Crippen molar-refractivity contribution in [3.05, 3.63) is 65.0 Å². The Morgan fingerprint density at radius 3 is 2.71 bits per heavy atom. The molecule has 2 aliphatic rings. The number of fused-ring (bicyclic) bond motifs is 1. The molecule has 10 heteroatoms. The van der Waals surface area contributed by atoms with E-state index in [4.69, 9.17) is 0 Å². The van der Waals surface area contributed by atoms with Crippen LogP contribution in [0.25, 0.3) is 5.69 Å². The molecule has 5 rings (SSSR count). The van der Waals surface area contributed by atoms with Gasteiger partial charge in [0.2, 0.25) is 5.91 Å². The Morgan fingerprint density at radius 2 is 2.00 bits per heavy atom. The van der Waals surface area contributed by atoms with Gasteiger partial charge in [-0.1, -0.05) is 31.2 Å². The molecule has 2 N–H and O–H groups in total. The molecule has 1 saturated carbocycles. The van der Waals surface area contributed by atoms with Crippen LogP contribution in [0.5, 0.6) is 0 Å².